The smallest absolute Gasteiger partial charge is 0.142 e. The van der Waals surface area contributed by atoms with Crippen molar-refractivity contribution < 1.29 is 4.79 Å². The van der Waals surface area contributed by atoms with E-state index >= 15 is 0 Å². The molecule has 0 spiro atoms. The lowest BCUT2D eigenvalue weighted by Crippen LogP contribution is -2.30. The maximum absolute atomic E-state index is 10.4. The highest BCUT2D eigenvalue weighted by molar-refractivity contribution is 5.66. The fraction of sp³-hybridized carbons (Fsp3) is 0.357. The van der Waals surface area contributed by atoms with Crippen LogP contribution in [0.1, 0.15) is 18.4 Å². The predicted octanol–water partition coefficient (Wildman–Crippen LogP) is 2.41. The maximum atomic E-state index is 10.4. The van der Waals surface area contributed by atoms with Gasteiger partial charge in [-0.1, -0.05) is 35.9 Å². The van der Waals surface area contributed by atoms with Gasteiger partial charge in [0.05, 0.1) is 0 Å². The predicted molar refractivity (Wildman–Crippen MR) is 65.1 cm³/mol. The summed E-state index contributed by atoms with van der Waals surface area (Å²) in [6.45, 7) is 3.15. The number of carbonyl (C=O) groups excluding carboxylic acids is 1. The molecule has 0 bridgehead atoms. The average molecular weight is 215 g/mol. The molecule has 2 rings (SSSR count). The number of aldehydes is 1. The van der Waals surface area contributed by atoms with Crippen LogP contribution in [0.2, 0.25) is 0 Å². The summed E-state index contributed by atoms with van der Waals surface area (Å²) in [6.07, 6.45) is 4.69. The van der Waals surface area contributed by atoms with E-state index in [1.165, 1.54) is 11.1 Å². The van der Waals surface area contributed by atoms with Gasteiger partial charge in [0, 0.05) is 19.6 Å². The highest BCUT2D eigenvalue weighted by Crippen LogP contribution is 2.17. The molecule has 2 nitrogen and oxygen atoms in total. The molecule has 0 radical (unpaired) electrons. The van der Waals surface area contributed by atoms with Gasteiger partial charge >= 0.3 is 0 Å². The minimum absolute atomic E-state index is 0.905. The number of hydrogen-bond donors (Lipinski definition) is 0. The molecule has 0 amide bonds. The summed E-state index contributed by atoms with van der Waals surface area (Å²) < 4.78 is 0. The van der Waals surface area contributed by atoms with E-state index in [9.17, 15) is 4.79 Å². The molecule has 1 aliphatic rings. The van der Waals surface area contributed by atoms with Crippen molar-refractivity contribution in [2.45, 2.75) is 19.4 Å². The topological polar surface area (TPSA) is 20.3 Å². The Labute approximate surface area is 96.6 Å². The highest BCUT2D eigenvalue weighted by atomic mass is 16.1. The number of likely N-dealkylation sites (tertiary alicyclic amines) is 1. The Balaban J connectivity index is 1.86. The number of benzene rings is 1. The summed E-state index contributed by atoms with van der Waals surface area (Å²) in [5, 5.41) is 0. The first-order valence-corrected chi connectivity index (χ1v) is 5.78. The van der Waals surface area contributed by atoms with E-state index in [1.54, 1.807) is 6.08 Å². The van der Waals surface area contributed by atoms with Gasteiger partial charge in [-0.15, -0.1) is 0 Å². The van der Waals surface area contributed by atoms with Gasteiger partial charge < -0.3 is 0 Å². The molecule has 1 aliphatic heterocycles. The Morgan fingerprint density at radius 3 is 2.44 bits per heavy atom. The molecule has 0 aromatic heterocycles. The number of rotatable bonds is 3. The molecule has 0 unspecified atom stereocenters. The molecule has 2 heteroatoms. The molecule has 1 fully saturated rings. The van der Waals surface area contributed by atoms with E-state index < -0.39 is 0 Å². The number of carbonyl (C=O) groups is 1. The second kappa shape index (κ2) is 5.61. The lowest BCUT2D eigenvalue weighted by Gasteiger charge is -2.28. The van der Waals surface area contributed by atoms with Gasteiger partial charge in [-0.05, 0) is 24.5 Å². The van der Waals surface area contributed by atoms with Crippen LogP contribution in [0, 0.1) is 0 Å². The SMILES string of the molecule is O=CC=C1CCN(Cc2ccccc2)CC1. The van der Waals surface area contributed by atoms with Crippen LogP contribution in [0.4, 0.5) is 0 Å². The fourth-order valence-electron chi connectivity index (χ4n) is 2.10. The number of allylic oxidation sites excluding steroid dienone is 1. The third kappa shape index (κ3) is 3.04. The second-order valence-corrected chi connectivity index (χ2v) is 4.22. The second-order valence-electron chi connectivity index (χ2n) is 4.22. The molecule has 0 atom stereocenters. The van der Waals surface area contributed by atoms with E-state index in [2.05, 4.69) is 29.2 Å². The first-order chi connectivity index (χ1) is 7.88. The van der Waals surface area contributed by atoms with E-state index in [4.69, 9.17) is 0 Å². The summed E-state index contributed by atoms with van der Waals surface area (Å²) in [5.41, 5.74) is 2.66. The van der Waals surface area contributed by atoms with Crippen LogP contribution in [0.3, 0.4) is 0 Å². The van der Waals surface area contributed by atoms with Crippen LogP contribution in [0.25, 0.3) is 0 Å². The van der Waals surface area contributed by atoms with Gasteiger partial charge in [-0.3, -0.25) is 9.69 Å². The average Bonchev–Trinajstić information content (AvgIpc) is 2.33. The van der Waals surface area contributed by atoms with Crippen molar-refractivity contribution in [3.8, 4) is 0 Å². The Bertz CT molecular complexity index is 360. The van der Waals surface area contributed by atoms with Gasteiger partial charge in [0.1, 0.15) is 6.29 Å². The first-order valence-electron chi connectivity index (χ1n) is 5.78. The lowest BCUT2D eigenvalue weighted by atomic mass is 10.0. The summed E-state index contributed by atoms with van der Waals surface area (Å²) >= 11 is 0. The van der Waals surface area contributed by atoms with Crippen LogP contribution >= 0.6 is 0 Å². The van der Waals surface area contributed by atoms with E-state index in [0.29, 0.717) is 0 Å². The zero-order valence-corrected chi connectivity index (χ0v) is 9.43. The minimum Gasteiger partial charge on any atom is -0.299 e. The van der Waals surface area contributed by atoms with E-state index in [-0.39, 0.29) is 0 Å². The lowest BCUT2D eigenvalue weighted by molar-refractivity contribution is -0.104. The van der Waals surface area contributed by atoms with Gasteiger partial charge in [0.2, 0.25) is 0 Å². The van der Waals surface area contributed by atoms with Crippen molar-refractivity contribution in [3.63, 3.8) is 0 Å². The van der Waals surface area contributed by atoms with Crippen molar-refractivity contribution >= 4 is 6.29 Å². The van der Waals surface area contributed by atoms with Gasteiger partial charge in [-0.2, -0.15) is 0 Å². The zero-order chi connectivity index (χ0) is 11.2. The Morgan fingerprint density at radius 2 is 1.81 bits per heavy atom. The zero-order valence-electron chi connectivity index (χ0n) is 9.43. The molecule has 16 heavy (non-hydrogen) atoms. The normalized spacial score (nSPS) is 17.1. The van der Waals surface area contributed by atoms with Gasteiger partial charge in [0.15, 0.2) is 0 Å². The fourth-order valence-corrected chi connectivity index (χ4v) is 2.10. The molecular weight excluding hydrogens is 198 g/mol. The van der Waals surface area contributed by atoms with Crippen molar-refractivity contribution in [1.29, 1.82) is 0 Å². The summed E-state index contributed by atoms with van der Waals surface area (Å²) in [5.74, 6) is 0. The molecule has 0 N–H and O–H groups in total. The number of nitrogens with zero attached hydrogens (tertiary/aromatic N) is 1. The van der Waals surface area contributed by atoms with E-state index in [0.717, 1.165) is 38.8 Å². The standard InChI is InChI=1S/C14H17NO/c16-11-8-13-6-9-15(10-7-13)12-14-4-2-1-3-5-14/h1-5,8,11H,6-7,9-10,12H2. The van der Waals surface area contributed by atoms with Gasteiger partial charge in [0.25, 0.3) is 0 Å². The molecule has 1 heterocycles. The number of hydrogen-bond acceptors (Lipinski definition) is 2. The van der Waals surface area contributed by atoms with Crippen molar-refractivity contribution in [3.05, 3.63) is 47.5 Å². The Hall–Kier alpha value is -1.41. The molecule has 1 saturated heterocycles. The largest absolute Gasteiger partial charge is 0.299 e. The molecular formula is C14H17NO. The Kier molecular flexibility index (Phi) is 3.89. The Morgan fingerprint density at radius 1 is 1.12 bits per heavy atom. The van der Waals surface area contributed by atoms with Crippen LogP contribution in [0.15, 0.2) is 42.0 Å². The van der Waals surface area contributed by atoms with Crippen molar-refractivity contribution in [2.24, 2.45) is 0 Å². The molecule has 1 aromatic rings. The van der Waals surface area contributed by atoms with E-state index in [1.807, 2.05) is 6.07 Å². The molecule has 0 aliphatic carbocycles. The summed E-state index contributed by atoms with van der Waals surface area (Å²) in [6, 6.07) is 10.5. The maximum Gasteiger partial charge on any atom is 0.142 e. The van der Waals surface area contributed by atoms with Crippen molar-refractivity contribution in [1.82, 2.24) is 4.90 Å². The van der Waals surface area contributed by atoms with Gasteiger partial charge in [-0.25, -0.2) is 0 Å². The molecule has 84 valence electrons. The third-order valence-corrected chi connectivity index (χ3v) is 3.05. The monoisotopic (exact) mass is 215 g/mol. The summed E-state index contributed by atoms with van der Waals surface area (Å²) in [7, 11) is 0. The van der Waals surface area contributed by atoms with Crippen molar-refractivity contribution in [2.75, 3.05) is 13.1 Å². The molecule has 1 aromatic carbocycles. The highest BCUT2D eigenvalue weighted by Gasteiger charge is 2.13. The first kappa shape index (κ1) is 11.1. The quantitative estimate of drug-likeness (QED) is 0.570. The minimum atomic E-state index is 0.905. The number of piperidine rings is 1. The van der Waals surface area contributed by atoms with Crippen LogP contribution in [0.5, 0.6) is 0 Å². The van der Waals surface area contributed by atoms with Crippen LogP contribution < -0.4 is 0 Å². The van der Waals surface area contributed by atoms with Crippen LogP contribution in [-0.2, 0) is 11.3 Å². The third-order valence-electron chi connectivity index (χ3n) is 3.05. The van der Waals surface area contributed by atoms with Crippen LogP contribution in [-0.4, -0.2) is 24.3 Å². The molecule has 0 saturated carbocycles. The summed E-state index contributed by atoms with van der Waals surface area (Å²) in [4.78, 5) is 12.8.